The third kappa shape index (κ3) is 1.98. The van der Waals surface area contributed by atoms with Crippen molar-refractivity contribution in [2.75, 3.05) is 0 Å². The van der Waals surface area contributed by atoms with Crippen molar-refractivity contribution in [1.82, 2.24) is 9.13 Å². The van der Waals surface area contributed by atoms with Crippen LogP contribution >= 0.6 is 0 Å². The minimum atomic E-state index is -0.802. The lowest BCUT2D eigenvalue weighted by Crippen LogP contribution is -2.06. The van der Waals surface area contributed by atoms with Crippen LogP contribution in [-0.2, 0) is 25.3 Å². The molecular formula is C13H16N2O2. The van der Waals surface area contributed by atoms with Gasteiger partial charge in [0.15, 0.2) is 0 Å². The van der Waals surface area contributed by atoms with E-state index in [-0.39, 0.29) is 6.42 Å². The highest BCUT2D eigenvalue weighted by Crippen LogP contribution is 2.26. The SMILES string of the molecule is Cc1cc(CC(=O)O)n(C)c1-c1cccn1C. The Morgan fingerprint density at radius 2 is 2.12 bits per heavy atom. The topological polar surface area (TPSA) is 47.2 Å². The summed E-state index contributed by atoms with van der Waals surface area (Å²) >= 11 is 0. The molecule has 4 heteroatoms. The molecule has 0 aliphatic heterocycles. The number of aliphatic carboxylic acids is 1. The van der Waals surface area contributed by atoms with Crippen LogP contribution in [0.4, 0.5) is 0 Å². The molecule has 1 N–H and O–H groups in total. The predicted molar refractivity (Wildman–Crippen MR) is 65.9 cm³/mol. The summed E-state index contributed by atoms with van der Waals surface area (Å²) in [6.45, 7) is 2.01. The second-order valence-electron chi connectivity index (χ2n) is 4.30. The third-order valence-electron chi connectivity index (χ3n) is 3.04. The second kappa shape index (κ2) is 4.13. The maximum absolute atomic E-state index is 10.8. The summed E-state index contributed by atoms with van der Waals surface area (Å²) in [6.07, 6.45) is 2.04. The van der Waals surface area contributed by atoms with Crippen LogP contribution in [0.5, 0.6) is 0 Å². The minimum absolute atomic E-state index is 0.0573. The molecule has 2 rings (SSSR count). The molecule has 17 heavy (non-hydrogen) atoms. The number of nitrogens with zero attached hydrogens (tertiary/aromatic N) is 2. The zero-order valence-corrected chi connectivity index (χ0v) is 10.3. The number of aromatic nitrogens is 2. The maximum atomic E-state index is 10.8. The van der Waals surface area contributed by atoms with Gasteiger partial charge in [-0.1, -0.05) is 0 Å². The van der Waals surface area contributed by atoms with Crippen LogP contribution in [0.2, 0.25) is 0 Å². The Morgan fingerprint density at radius 1 is 1.41 bits per heavy atom. The first-order valence-electron chi connectivity index (χ1n) is 5.49. The van der Waals surface area contributed by atoms with Gasteiger partial charge in [0, 0.05) is 26.0 Å². The van der Waals surface area contributed by atoms with Gasteiger partial charge in [-0.25, -0.2) is 0 Å². The number of carboxylic acid groups (broad SMARTS) is 1. The normalized spacial score (nSPS) is 10.8. The Bertz CT molecular complexity index is 564. The van der Waals surface area contributed by atoms with E-state index in [1.54, 1.807) is 0 Å². The number of rotatable bonds is 3. The highest BCUT2D eigenvalue weighted by Gasteiger charge is 2.14. The fourth-order valence-electron chi connectivity index (χ4n) is 2.23. The fourth-order valence-corrected chi connectivity index (χ4v) is 2.23. The van der Waals surface area contributed by atoms with Crippen molar-refractivity contribution in [3.8, 4) is 11.4 Å². The Labute approximate surface area is 100 Å². The maximum Gasteiger partial charge on any atom is 0.309 e. The molecule has 0 atom stereocenters. The average Bonchev–Trinajstić information content (AvgIpc) is 2.73. The molecule has 0 bridgehead atoms. The second-order valence-corrected chi connectivity index (χ2v) is 4.30. The first-order chi connectivity index (χ1) is 8.00. The summed E-state index contributed by atoms with van der Waals surface area (Å²) in [5.41, 5.74) is 4.10. The van der Waals surface area contributed by atoms with E-state index in [0.717, 1.165) is 22.6 Å². The predicted octanol–water partition coefficient (Wildman–Crippen LogP) is 1.97. The van der Waals surface area contributed by atoms with Crippen LogP contribution in [-0.4, -0.2) is 20.2 Å². The first kappa shape index (κ1) is 11.5. The van der Waals surface area contributed by atoms with E-state index in [2.05, 4.69) is 0 Å². The van der Waals surface area contributed by atoms with Gasteiger partial charge < -0.3 is 14.2 Å². The van der Waals surface area contributed by atoms with Crippen molar-refractivity contribution in [1.29, 1.82) is 0 Å². The van der Waals surface area contributed by atoms with Crippen molar-refractivity contribution in [3.05, 3.63) is 35.7 Å². The number of hydrogen-bond donors (Lipinski definition) is 1. The molecule has 0 radical (unpaired) electrons. The monoisotopic (exact) mass is 232 g/mol. The van der Waals surface area contributed by atoms with E-state index in [1.165, 1.54) is 0 Å². The molecule has 0 aliphatic carbocycles. The zero-order valence-electron chi connectivity index (χ0n) is 10.3. The van der Waals surface area contributed by atoms with E-state index in [4.69, 9.17) is 5.11 Å². The zero-order chi connectivity index (χ0) is 12.6. The molecule has 0 aliphatic rings. The molecule has 0 saturated carbocycles. The molecule has 0 saturated heterocycles. The molecule has 2 aromatic rings. The molecule has 0 fully saturated rings. The molecule has 4 nitrogen and oxygen atoms in total. The van der Waals surface area contributed by atoms with Crippen LogP contribution in [0.15, 0.2) is 24.4 Å². The average molecular weight is 232 g/mol. The van der Waals surface area contributed by atoms with Crippen molar-refractivity contribution in [2.45, 2.75) is 13.3 Å². The molecule has 0 unspecified atom stereocenters. The van der Waals surface area contributed by atoms with Crippen LogP contribution < -0.4 is 0 Å². The van der Waals surface area contributed by atoms with Gasteiger partial charge in [0.2, 0.25) is 0 Å². The van der Waals surface area contributed by atoms with Crippen molar-refractivity contribution in [2.24, 2.45) is 14.1 Å². The molecular weight excluding hydrogens is 216 g/mol. The summed E-state index contributed by atoms with van der Waals surface area (Å²) < 4.78 is 3.99. The van der Waals surface area contributed by atoms with Crippen molar-refractivity contribution >= 4 is 5.97 Å². The van der Waals surface area contributed by atoms with Gasteiger partial charge in [-0.2, -0.15) is 0 Å². The Hall–Kier alpha value is -1.97. The smallest absolute Gasteiger partial charge is 0.309 e. The third-order valence-corrected chi connectivity index (χ3v) is 3.04. The van der Waals surface area contributed by atoms with Crippen LogP contribution in [0.25, 0.3) is 11.4 Å². The summed E-state index contributed by atoms with van der Waals surface area (Å²) in [7, 11) is 3.90. The van der Waals surface area contributed by atoms with Gasteiger partial charge >= 0.3 is 5.97 Å². The molecule has 2 heterocycles. The van der Waals surface area contributed by atoms with Gasteiger partial charge in [0.05, 0.1) is 17.8 Å². The molecule has 2 aromatic heterocycles. The van der Waals surface area contributed by atoms with E-state index >= 15 is 0 Å². The standard InChI is InChI=1S/C13H16N2O2/c1-9-7-10(8-12(16)17)15(3)13(9)11-5-4-6-14(11)2/h4-7H,8H2,1-3H3,(H,16,17). The quantitative estimate of drug-likeness (QED) is 0.879. The highest BCUT2D eigenvalue weighted by atomic mass is 16.4. The van der Waals surface area contributed by atoms with Crippen molar-refractivity contribution in [3.63, 3.8) is 0 Å². The molecule has 0 aromatic carbocycles. The van der Waals surface area contributed by atoms with Crippen LogP contribution in [0, 0.1) is 6.92 Å². The lowest BCUT2D eigenvalue weighted by molar-refractivity contribution is -0.136. The summed E-state index contributed by atoms with van der Waals surface area (Å²) in [5, 5.41) is 8.86. The lowest BCUT2D eigenvalue weighted by Gasteiger charge is -2.08. The molecule has 0 amide bonds. The lowest BCUT2D eigenvalue weighted by atomic mass is 10.2. The van der Waals surface area contributed by atoms with Gasteiger partial charge in [0.25, 0.3) is 0 Å². The van der Waals surface area contributed by atoms with Gasteiger partial charge in [-0.15, -0.1) is 0 Å². The largest absolute Gasteiger partial charge is 0.481 e. The highest BCUT2D eigenvalue weighted by molar-refractivity contribution is 5.71. The number of carbonyl (C=O) groups is 1. The fraction of sp³-hybridized carbons (Fsp3) is 0.308. The van der Waals surface area contributed by atoms with E-state index in [0.29, 0.717) is 0 Å². The van der Waals surface area contributed by atoms with E-state index in [9.17, 15) is 4.79 Å². The number of hydrogen-bond acceptors (Lipinski definition) is 1. The van der Waals surface area contributed by atoms with Crippen LogP contribution in [0.1, 0.15) is 11.3 Å². The Morgan fingerprint density at radius 3 is 2.65 bits per heavy atom. The number of carboxylic acids is 1. The molecule has 90 valence electrons. The number of aryl methyl sites for hydroxylation is 2. The molecule has 0 spiro atoms. The first-order valence-corrected chi connectivity index (χ1v) is 5.49. The van der Waals surface area contributed by atoms with Crippen molar-refractivity contribution < 1.29 is 9.90 Å². The Kier molecular flexibility index (Phi) is 2.79. The summed E-state index contributed by atoms with van der Waals surface area (Å²) in [5.74, 6) is -0.802. The van der Waals surface area contributed by atoms with E-state index in [1.807, 2.05) is 54.5 Å². The van der Waals surface area contributed by atoms with Gasteiger partial charge in [-0.3, -0.25) is 4.79 Å². The minimum Gasteiger partial charge on any atom is -0.481 e. The van der Waals surface area contributed by atoms with Gasteiger partial charge in [0.1, 0.15) is 0 Å². The van der Waals surface area contributed by atoms with Crippen LogP contribution in [0.3, 0.4) is 0 Å². The van der Waals surface area contributed by atoms with Gasteiger partial charge in [-0.05, 0) is 30.7 Å². The Balaban J connectivity index is 2.52. The summed E-state index contributed by atoms with van der Waals surface area (Å²) in [6, 6.07) is 5.96. The van der Waals surface area contributed by atoms with E-state index < -0.39 is 5.97 Å². The summed E-state index contributed by atoms with van der Waals surface area (Å²) in [4.78, 5) is 10.8.